The normalized spacial score (nSPS) is 12.2. The van der Waals surface area contributed by atoms with E-state index < -0.39 is 39.3 Å². The van der Waals surface area contributed by atoms with Gasteiger partial charge in [0, 0.05) is 40.8 Å². The molecule has 2 amide bonds. The van der Waals surface area contributed by atoms with Gasteiger partial charge in [-0.2, -0.15) is 0 Å². The second-order valence-electron chi connectivity index (χ2n) is 8.83. The fourth-order valence-corrected chi connectivity index (χ4v) is 4.93. The molecule has 0 fully saturated rings. The summed E-state index contributed by atoms with van der Waals surface area (Å²) in [5, 5.41) is 14.6. The van der Waals surface area contributed by atoms with Gasteiger partial charge >= 0.3 is 0 Å². The third-order valence-corrected chi connectivity index (χ3v) is 7.32. The first-order valence-electron chi connectivity index (χ1n) is 11.5. The van der Waals surface area contributed by atoms with Crippen molar-refractivity contribution in [3.63, 3.8) is 0 Å². The molecule has 2 aromatic carbocycles. The zero-order valence-corrected chi connectivity index (χ0v) is 23.3. The van der Waals surface area contributed by atoms with Gasteiger partial charge in [0.25, 0.3) is 5.69 Å². The number of rotatable bonds is 12. The number of amides is 2. The maximum Gasteiger partial charge on any atom is 0.271 e. The Kier molecular flexibility index (Phi) is 10.7. The van der Waals surface area contributed by atoms with E-state index in [1.165, 1.54) is 23.1 Å². The van der Waals surface area contributed by atoms with Crippen molar-refractivity contribution in [3.05, 3.63) is 68.2 Å². The number of halogens is 2. The molecule has 0 radical (unpaired) electrons. The molecule has 0 saturated heterocycles. The maximum absolute atomic E-state index is 13.7. The first-order valence-corrected chi connectivity index (χ1v) is 14.1. The highest BCUT2D eigenvalue weighted by atomic mass is 35.5. The van der Waals surface area contributed by atoms with Gasteiger partial charge in [0.15, 0.2) is 0 Å². The molecule has 0 spiro atoms. The first kappa shape index (κ1) is 30.3. The predicted molar refractivity (Wildman–Crippen MR) is 144 cm³/mol. The lowest BCUT2D eigenvalue weighted by Crippen LogP contribution is -2.52. The minimum atomic E-state index is -4.04. The summed E-state index contributed by atoms with van der Waals surface area (Å²) in [5.74, 6) is -0.952. The number of nitrogens with zero attached hydrogens (tertiary/aromatic N) is 3. The first-order chi connectivity index (χ1) is 17.3. The Balaban J connectivity index is 2.52. The third-order valence-electron chi connectivity index (χ3n) is 5.47. The van der Waals surface area contributed by atoms with Crippen molar-refractivity contribution < 1.29 is 22.9 Å². The number of anilines is 1. The second kappa shape index (κ2) is 13.1. The van der Waals surface area contributed by atoms with Crippen LogP contribution in [-0.2, 0) is 26.2 Å². The average molecular weight is 573 g/mol. The number of carbonyl (C=O) groups excluding carboxylic acids is 2. The maximum atomic E-state index is 13.7. The van der Waals surface area contributed by atoms with E-state index in [4.69, 9.17) is 23.2 Å². The SMILES string of the molecule is CCC(C(=O)NCC(C)C)N(Cc1c(Cl)cccc1Cl)C(=O)CN(c1cccc([N+](=O)[O-])c1)S(C)(=O)=O. The molecule has 0 aliphatic rings. The molecule has 202 valence electrons. The summed E-state index contributed by atoms with van der Waals surface area (Å²) in [6, 6.07) is 8.83. The van der Waals surface area contributed by atoms with E-state index in [1.807, 2.05) is 13.8 Å². The summed E-state index contributed by atoms with van der Waals surface area (Å²) < 4.78 is 26.1. The quantitative estimate of drug-likeness (QED) is 0.299. The highest BCUT2D eigenvalue weighted by molar-refractivity contribution is 7.92. The summed E-state index contributed by atoms with van der Waals surface area (Å²) in [7, 11) is -4.04. The molecule has 1 unspecified atom stereocenters. The molecule has 1 atom stereocenters. The van der Waals surface area contributed by atoms with E-state index in [0.29, 0.717) is 12.1 Å². The van der Waals surface area contributed by atoms with E-state index in [0.717, 1.165) is 16.6 Å². The van der Waals surface area contributed by atoms with Gasteiger partial charge in [-0.1, -0.05) is 56.1 Å². The van der Waals surface area contributed by atoms with E-state index in [9.17, 15) is 28.1 Å². The predicted octanol–water partition coefficient (Wildman–Crippen LogP) is 4.25. The number of non-ortho nitro benzene ring substituents is 1. The van der Waals surface area contributed by atoms with Gasteiger partial charge in [0.2, 0.25) is 21.8 Å². The van der Waals surface area contributed by atoms with Gasteiger partial charge in [-0.15, -0.1) is 0 Å². The fourth-order valence-electron chi connectivity index (χ4n) is 3.57. The molecule has 10 nitrogen and oxygen atoms in total. The molecular formula is C24H30Cl2N4O6S. The zero-order chi connectivity index (χ0) is 27.9. The lowest BCUT2D eigenvalue weighted by molar-refractivity contribution is -0.384. The topological polar surface area (TPSA) is 130 Å². The van der Waals surface area contributed by atoms with Crippen molar-refractivity contribution in [1.82, 2.24) is 10.2 Å². The van der Waals surface area contributed by atoms with Crippen LogP contribution in [0, 0.1) is 16.0 Å². The monoisotopic (exact) mass is 572 g/mol. The molecular weight excluding hydrogens is 543 g/mol. The Hall–Kier alpha value is -2.89. The average Bonchev–Trinajstić information content (AvgIpc) is 2.81. The Bertz CT molecular complexity index is 1240. The van der Waals surface area contributed by atoms with Gasteiger partial charge in [0.1, 0.15) is 12.6 Å². The van der Waals surface area contributed by atoms with Crippen molar-refractivity contribution in [2.75, 3.05) is 23.7 Å². The molecule has 2 aromatic rings. The second-order valence-corrected chi connectivity index (χ2v) is 11.6. The van der Waals surface area contributed by atoms with E-state index in [2.05, 4.69) is 5.32 Å². The van der Waals surface area contributed by atoms with Crippen LogP contribution in [-0.4, -0.2) is 55.4 Å². The van der Waals surface area contributed by atoms with Crippen LogP contribution in [0.3, 0.4) is 0 Å². The van der Waals surface area contributed by atoms with E-state index in [-0.39, 0.29) is 40.3 Å². The molecule has 2 rings (SSSR count). The lowest BCUT2D eigenvalue weighted by atomic mass is 10.1. The molecule has 13 heteroatoms. The number of nitro benzene ring substituents is 1. The molecule has 0 bridgehead atoms. The van der Waals surface area contributed by atoms with Crippen LogP contribution in [0.2, 0.25) is 10.0 Å². The molecule has 0 heterocycles. The van der Waals surface area contributed by atoms with Gasteiger partial charge < -0.3 is 10.2 Å². The van der Waals surface area contributed by atoms with E-state index >= 15 is 0 Å². The van der Waals surface area contributed by atoms with E-state index in [1.54, 1.807) is 25.1 Å². The lowest BCUT2D eigenvalue weighted by Gasteiger charge is -2.33. The Morgan fingerprint density at radius 3 is 2.22 bits per heavy atom. The number of sulfonamides is 1. The minimum absolute atomic E-state index is 0.0573. The molecule has 1 N–H and O–H groups in total. The summed E-state index contributed by atoms with van der Waals surface area (Å²) in [6.07, 6.45) is 1.12. The number of hydrogen-bond donors (Lipinski definition) is 1. The molecule has 37 heavy (non-hydrogen) atoms. The van der Waals surface area contributed by atoms with Gasteiger partial charge in [-0.05, 0) is 30.5 Å². The number of benzene rings is 2. The Morgan fingerprint density at radius 2 is 1.70 bits per heavy atom. The Morgan fingerprint density at radius 1 is 1.11 bits per heavy atom. The number of carbonyl (C=O) groups is 2. The number of nitrogens with one attached hydrogen (secondary N) is 1. The highest BCUT2D eigenvalue weighted by Crippen LogP contribution is 2.28. The van der Waals surface area contributed by atoms with Crippen molar-refractivity contribution in [1.29, 1.82) is 0 Å². The highest BCUT2D eigenvalue weighted by Gasteiger charge is 2.33. The number of nitro groups is 1. The third kappa shape index (κ3) is 8.31. The zero-order valence-electron chi connectivity index (χ0n) is 21.0. The smallest absolute Gasteiger partial charge is 0.271 e. The van der Waals surface area contributed by atoms with Crippen molar-refractivity contribution in [3.8, 4) is 0 Å². The molecule has 0 aliphatic heterocycles. The van der Waals surface area contributed by atoms with Gasteiger partial charge in [-0.3, -0.25) is 24.0 Å². The molecule has 0 saturated carbocycles. The van der Waals surface area contributed by atoms with Crippen LogP contribution in [0.1, 0.15) is 32.8 Å². The largest absolute Gasteiger partial charge is 0.354 e. The van der Waals surface area contributed by atoms with Gasteiger partial charge in [-0.25, -0.2) is 8.42 Å². The summed E-state index contributed by atoms with van der Waals surface area (Å²) in [5.41, 5.74) is 0.00596. The van der Waals surface area contributed by atoms with Crippen molar-refractivity contribution in [2.45, 2.75) is 39.8 Å². The fraction of sp³-hybridized carbons (Fsp3) is 0.417. The van der Waals surface area contributed by atoms with Crippen LogP contribution >= 0.6 is 23.2 Å². The Labute approximate surface area is 226 Å². The summed E-state index contributed by atoms with van der Waals surface area (Å²) in [4.78, 5) is 38.6. The summed E-state index contributed by atoms with van der Waals surface area (Å²) >= 11 is 12.7. The van der Waals surface area contributed by atoms with Crippen molar-refractivity contribution >= 4 is 56.4 Å². The van der Waals surface area contributed by atoms with Crippen LogP contribution < -0.4 is 9.62 Å². The number of hydrogen-bond acceptors (Lipinski definition) is 6. The van der Waals surface area contributed by atoms with Gasteiger partial charge in [0.05, 0.1) is 16.9 Å². The molecule has 0 aromatic heterocycles. The van der Waals surface area contributed by atoms with Crippen molar-refractivity contribution in [2.24, 2.45) is 5.92 Å². The van der Waals surface area contributed by atoms with Crippen LogP contribution in [0.25, 0.3) is 0 Å². The van der Waals surface area contributed by atoms with Crippen LogP contribution in [0.5, 0.6) is 0 Å². The van der Waals surface area contributed by atoms with Crippen LogP contribution in [0.4, 0.5) is 11.4 Å². The minimum Gasteiger partial charge on any atom is -0.354 e. The molecule has 0 aliphatic carbocycles. The standard InChI is InChI=1S/C24H30Cl2N4O6S/c1-5-22(24(32)27-13-16(2)3)28(14-19-20(25)10-7-11-21(19)26)23(31)15-29(37(4,35)36)17-8-6-9-18(12-17)30(33)34/h6-12,16,22H,5,13-15H2,1-4H3,(H,27,32). The van der Waals surface area contributed by atoms with Crippen LogP contribution in [0.15, 0.2) is 42.5 Å². The summed E-state index contributed by atoms with van der Waals surface area (Å²) in [6.45, 7) is 5.11.